The van der Waals surface area contributed by atoms with Crippen LogP contribution in [0.3, 0.4) is 0 Å². The van der Waals surface area contributed by atoms with Crippen LogP contribution in [0.15, 0.2) is 66.2 Å². The van der Waals surface area contributed by atoms with Crippen molar-refractivity contribution in [1.82, 2.24) is 9.97 Å². The molecule has 2 heterocycles. The van der Waals surface area contributed by atoms with E-state index in [0.29, 0.717) is 0 Å². The van der Waals surface area contributed by atoms with E-state index in [4.69, 9.17) is 0 Å². The van der Waals surface area contributed by atoms with Crippen molar-refractivity contribution in [2.75, 3.05) is 5.32 Å². The first kappa shape index (κ1) is 12.2. The summed E-state index contributed by atoms with van der Waals surface area (Å²) in [5.41, 5.74) is 4.32. The van der Waals surface area contributed by atoms with Crippen LogP contribution in [-0.2, 0) is 0 Å². The fourth-order valence-electron chi connectivity index (χ4n) is 2.36. The third kappa shape index (κ3) is 2.30. The number of aromatic amines is 1. The fourth-order valence-corrected chi connectivity index (χ4v) is 3.09. The summed E-state index contributed by atoms with van der Waals surface area (Å²) in [5, 5.41) is 7.55. The van der Waals surface area contributed by atoms with Gasteiger partial charge in [-0.15, -0.1) is 11.3 Å². The summed E-state index contributed by atoms with van der Waals surface area (Å²) in [6.45, 7) is 0. The topological polar surface area (TPSA) is 40.7 Å². The van der Waals surface area contributed by atoms with Crippen LogP contribution < -0.4 is 5.32 Å². The molecule has 0 spiro atoms. The summed E-state index contributed by atoms with van der Waals surface area (Å²) in [6.07, 6.45) is 1.98. The van der Waals surface area contributed by atoms with Crippen molar-refractivity contribution in [3.8, 4) is 11.3 Å². The zero-order valence-electron chi connectivity index (χ0n) is 11.2. The van der Waals surface area contributed by atoms with Gasteiger partial charge in [0.1, 0.15) is 0 Å². The average Bonchev–Trinajstić information content (AvgIpc) is 3.17. The zero-order valence-corrected chi connectivity index (χ0v) is 12.0. The minimum Gasteiger partial charge on any atom is -0.359 e. The van der Waals surface area contributed by atoms with E-state index < -0.39 is 0 Å². The number of para-hydroxylation sites is 1. The minimum atomic E-state index is 0.901. The third-order valence-electron chi connectivity index (χ3n) is 3.40. The van der Waals surface area contributed by atoms with Crippen LogP contribution in [0.5, 0.6) is 0 Å². The lowest BCUT2D eigenvalue weighted by Gasteiger charge is -2.00. The molecule has 2 aromatic carbocycles. The molecular formula is C17H13N3S. The number of aromatic nitrogens is 2. The van der Waals surface area contributed by atoms with Crippen LogP contribution in [0.4, 0.5) is 10.8 Å². The van der Waals surface area contributed by atoms with Gasteiger partial charge in [-0.2, -0.15) is 0 Å². The van der Waals surface area contributed by atoms with Gasteiger partial charge in [-0.1, -0.05) is 48.5 Å². The van der Waals surface area contributed by atoms with Crippen molar-refractivity contribution >= 4 is 33.1 Å². The van der Waals surface area contributed by atoms with Crippen LogP contribution in [0.25, 0.3) is 22.2 Å². The molecular weight excluding hydrogens is 278 g/mol. The van der Waals surface area contributed by atoms with E-state index in [1.54, 1.807) is 11.3 Å². The number of rotatable bonds is 3. The first-order valence-corrected chi connectivity index (χ1v) is 7.62. The lowest BCUT2D eigenvalue weighted by atomic mass is 10.2. The van der Waals surface area contributed by atoms with Crippen LogP contribution >= 0.6 is 11.3 Å². The van der Waals surface area contributed by atoms with Crippen molar-refractivity contribution in [3.05, 3.63) is 66.2 Å². The van der Waals surface area contributed by atoms with Gasteiger partial charge < -0.3 is 10.3 Å². The molecule has 4 rings (SSSR count). The lowest BCUT2D eigenvalue weighted by molar-refractivity contribution is 1.38. The number of nitrogens with zero attached hydrogens (tertiary/aromatic N) is 1. The number of nitrogens with one attached hydrogen (secondary N) is 2. The summed E-state index contributed by atoms with van der Waals surface area (Å²) in [4.78, 5) is 7.92. The molecule has 3 nitrogen and oxygen atoms in total. The maximum atomic E-state index is 4.66. The maximum absolute atomic E-state index is 4.66. The number of fused-ring (bicyclic) bond motifs is 1. The van der Waals surface area contributed by atoms with Crippen molar-refractivity contribution in [3.63, 3.8) is 0 Å². The molecule has 0 aliphatic rings. The number of thiazole rings is 1. The SMILES string of the molecule is c1ccc(-c2csc(Nc3c[nH]c4ccccc34)n2)cc1. The molecule has 0 fully saturated rings. The highest BCUT2D eigenvalue weighted by Crippen LogP contribution is 2.30. The Labute approximate surface area is 126 Å². The van der Waals surface area contributed by atoms with E-state index >= 15 is 0 Å². The van der Waals surface area contributed by atoms with Gasteiger partial charge in [0, 0.05) is 28.0 Å². The Bertz CT molecular complexity index is 877. The Morgan fingerprint density at radius 1 is 0.952 bits per heavy atom. The van der Waals surface area contributed by atoms with E-state index in [9.17, 15) is 0 Å². The molecule has 2 aromatic heterocycles. The van der Waals surface area contributed by atoms with E-state index in [2.05, 4.69) is 44.9 Å². The molecule has 0 radical (unpaired) electrons. The summed E-state index contributed by atoms with van der Waals surface area (Å²) in [5.74, 6) is 0. The quantitative estimate of drug-likeness (QED) is 0.555. The molecule has 0 aliphatic heterocycles. The average molecular weight is 291 g/mol. The van der Waals surface area contributed by atoms with Crippen molar-refractivity contribution in [2.45, 2.75) is 0 Å². The predicted molar refractivity (Wildman–Crippen MR) is 89.1 cm³/mol. The Balaban J connectivity index is 1.65. The molecule has 0 bridgehead atoms. The highest BCUT2D eigenvalue weighted by Gasteiger charge is 2.07. The van der Waals surface area contributed by atoms with Crippen LogP contribution in [0.1, 0.15) is 0 Å². The van der Waals surface area contributed by atoms with E-state index in [1.165, 1.54) is 5.39 Å². The van der Waals surface area contributed by atoms with Crippen LogP contribution in [0.2, 0.25) is 0 Å². The molecule has 0 amide bonds. The molecule has 0 saturated heterocycles. The Morgan fingerprint density at radius 3 is 2.67 bits per heavy atom. The molecule has 102 valence electrons. The van der Waals surface area contributed by atoms with Gasteiger partial charge in [0.15, 0.2) is 5.13 Å². The van der Waals surface area contributed by atoms with Crippen molar-refractivity contribution in [1.29, 1.82) is 0 Å². The number of anilines is 2. The standard InChI is InChI=1S/C17H13N3S/c1-2-6-12(7-3-1)16-11-21-17(20-16)19-15-10-18-14-9-5-4-8-13(14)15/h1-11,18H,(H,19,20). The summed E-state index contributed by atoms with van der Waals surface area (Å²) in [6, 6.07) is 18.5. The van der Waals surface area contributed by atoms with E-state index in [-0.39, 0.29) is 0 Å². The van der Waals surface area contributed by atoms with Gasteiger partial charge in [-0.25, -0.2) is 4.98 Å². The summed E-state index contributed by atoms with van der Waals surface area (Å²) < 4.78 is 0. The number of hydrogen-bond acceptors (Lipinski definition) is 3. The van der Waals surface area contributed by atoms with Gasteiger partial charge >= 0.3 is 0 Å². The maximum Gasteiger partial charge on any atom is 0.187 e. The smallest absolute Gasteiger partial charge is 0.187 e. The molecule has 0 aliphatic carbocycles. The molecule has 4 heteroatoms. The molecule has 0 atom stereocenters. The first-order chi connectivity index (χ1) is 10.4. The number of H-pyrrole nitrogens is 1. The molecule has 21 heavy (non-hydrogen) atoms. The Morgan fingerprint density at radius 2 is 1.76 bits per heavy atom. The zero-order chi connectivity index (χ0) is 14.1. The van der Waals surface area contributed by atoms with Gasteiger partial charge in [-0.05, 0) is 6.07 Å². The molecule has 0 unspecified atom stereocenters. The van der Waals surface area contributed by atoms with Crippen molar-refractivity contribution in [2.24, 2.45) is 0 Å². The van der Waals surface area contributed by atoms with Gasteiger partial charge in [0.05, 0.1) is 11.4 Å². The molecule has 0 saturated carbocycles. The second kappa shape index (κ2) is 5.07. The fraction of sp³-hybridized carbons (Fsp3) is 0. The van der Waals surface area contributed by atoms with Gasteiger partial charge in [0.2, 0.25) is 0 Å². The predicted octanol–water partition coefficient (Wildman–Crippen LogP) is 5.04. The van der Waals surface area contributed by atoms with Gasteiger partial charge in [-0.3, -0.25) is 0 Å². The van der Waals surface area contributed by atoms with Gasteiger partial charge in [0.25, 0.3) is 0 Å². The molecule has 2 N–H and O–H groups in total. The second-order valence-electron chi connectivity index (χ2n) is 4.78. The Hall–Kier alpha value is -2.59. The highest BCUT2D eigenvalue weighted by molar-refractivity contribution is 7.14. The number of benzene rings is 2. The monoisotopic (exact) mass is 291 g/mol. The second-order valence-corrected chi connectivity index (χ2v) is 5.63. The normalized spacial score (nSPS) is 10.9. The first-order valence-electron chi connectivity index (χ1n) is 6.74. The van der Waals surface area contributed by atoms with Crippen molar-refractivity contribution < 1.29 is 0 Å². The minimum absolute atomic E-state index is 0.901. The third-order valence-corrected chi connectivity index (χ3v) is 4.16. The number of hydrogen-bond donors (Lipinski definition) is 2. The van der Waals surface area contributed by atoms with Crippen LogP contribution in [0, 0.1) is 0 Å². The highest BCUT2D eigenvalue weighted by atomic mass is 32.1. The Kier molecular flexibility index (Phi) is 2.94. The summed E-state index contributed by atoms with van der Waals surface area (Å²) in [7, 11) is 0. The van der Waals surface area contributed by atoms with E-state index in [1.807, 2.05) is 36.5 Å². The molecule has 4 aromatic rings. The largest absolute Gasteiger partial charge is 0.359 e. The summed E-state index contributed by atoms with van der Waals surface area (Å²) >= 11 is 1.62. The van der Waals surface area contributed by atoms with Crippen LogP contribution in [-0.4, -0.2) is 9.97 Å². The lowest BCUT2D eigenvalue weighted by Crippen LogP contribution is -1.88. The van der Waals surface area contributed by atoms with E-state index in [0.717, 1.165) is 27.6 Å².